The zero-order chi connectivity index (χ0) is 13.7. The van der Waals surface area contributed by atoms with Crippen LogP contribution in [0.5, 0.6) is 0 Å². The molecule has 1 aromatic rings. The van der Waals surface area contributed by atoms with Crippen LogP contribution < -0.4 is 0 Å². The van der Waals surface area contributed by atoms with Crippen LogP contribution in [0.15, 0.2) is 12.3 Å². The molecule has 1 fully saturated rings. The minimum atomic E-state index is -0.404. The smallest absolute Gasteiger partial charge is 0.340 e. The molecule has 0 saturated carbocycles. The van der Waals surface area contributed by atoms with Gasteiger partial charge in [-0.2, -0.15) is 5.26 Å². The molecule has 1 aliphatic heterocycles. The number of nitrogens with zero attached hydrogens (tertiary/aromatic N) is 2. The molecule has 1 saturated heterocycles. The lowest BCUT2D eigenvalue weighted by atomic mass is 10.3. The molecule has 0 amide bonds. The molecular weight excluding hydrogens is 246 g/mol. The molecule has 1 N–H and O–H groups in total. The lowest BCUT2D eigenvalue weighted by Crippen LogP contribution is -2.41. The maximum Gasteiger partial charge on any atom is 0.340 e. The lowest BCUT2D eigenvalue weighted by Gasteiger charge is -2.28. The molecule has 19 heavy (non-hydrogen) atoms. The van der Waals surface area contributed by atoms with Gasteiger partial charge in [0.25, 0.3) is 0 Å². The maximum atomic E-state index is 11.8. The zero-order valence-corrected chi connectivity index (χ0v) is 10.9. The molecule has 0 radical (unpaired) electrons. The Bertz CT molecular complexity index is 472. The molecule has 0 spiro atoms. The Labute approximate surface area is 111 Å². The van der Waals surface area contributed by atoms with Crippen molar-refractivity contribution in [3.05, 3.63) is 23.5 Å². The van der Waals surface area contributed by atoms with Crippen LogP contribution in [0.3, 0.4) is 0 Å². The van der Waals surface area contributed by atoms with Gasteiger partial charge < -0.3 is 14.5 Å². The predicted molar refractivity (Wildman–Crippen MR) is 67.6 cm³/mol. The molecule has 6 heteroatoms. The van der Waals surface area contributed by atoms with E-state index in [2.05, 4.69) is 9.88 Å². The van der Waals surface area contributed by atoms with Crippen LogP contribution in [0.2, 0.25) is 0 Å². The maximum absolute atomic E-state index is 11.8. The number of aromatic nitrogens is 1. The molecule has 2 rings (SSSR count). The third-order valence-electron chi connectivity index (χ3n) is 2.97. The first-order valence-corrected chi connectivity index (χ1v) is 6.28. The van der Waals surface area contributed by atoms with Gasteiger partial charge >= 0.3 is 5.97 Å². The highest BCUT2D eigenvalue weighted by Gasteiger charge is 2.18. The molecule has 102 valence electrons. The van der Waals surface area contributed by atoms with Crippen LogP contribution >= 0.6 is 0 Å². The van der Waals surface area contributed by atoms with E-state index < -0.39 is 5.97 Å². The predicted octanol–water partition coefficient (Wildman–Crippen LogP) is 0.764. The topological polar surface area (TPSA) is 78.3 Å². The van der Waals surface area contributed by atoms with E-state index >= 15 is 0 Å². The summed E-state index contributed by atoms with van der Waals surface area (Å²) in [6.45, 7) is 5.75. The number of rotatable bonds is 4. The second kappa shape index (κ2) is 6.36. The number of carbonyl (C=O) groups is 1. The van der Waals surface area contributed by atoms with Crippen molar-refractivity contribution in [1.82, 2.24) is 9.88 Å². The average Bonchev–Trinajstić information content (AvgIpc) is 2.88. The Hall–Kier alpha value is -1.84. The molecule has 1 aliphatic rings. The Morgan fingerprint density at radius 1 is 1.63 bits per heavy atom. The minimum Gasteiger partial charge on any atom is -0.458 e. The van der Waals surface area contributed by atoms with E-state index in [1.54, 1.807) is 0 Å². The van der Waals surface area contributed by atoms with E-state index in [1.165, 1.54) is 12.3 Å². The fourth-order valence-electron chi connectivity index (χ4n) is 2.01. The fourth-order valence-corrected chi connectivity index (χ4v) is 2.01. The summed E-state index contributed by atoms with van der Waals surface area (Å²) in [5, 5.41) is 8.68. The summed E-state index contributed by atoms with van der Waals surface area (Å²) in [5.41, 5.74) is 0.734. The first kappa shape index (κ1) is 13.6. The SMILES string of the molecule is C[C@@H](CN1CCOCC1)OC(=O)c1c[nH]c(C#N)c1. The van der Waals surface area contributed by atoms with E-state index in [-0.39, 0.29) is 6.10 Å². The number of nitriles is 1. The number of aromatic amines is 1. The number of ether oxygens (including phenoxy) is 2. The zero-order valence-electron chi connectivity index (χ0n) is 10.9. The molecule has 0 bridgehead atoms. The molecule has 0 aliphatic carbocycles. The van der Waals surface area contributed by atoms with Crippen LogP contribution in [-0.2, 0) is 9.47 Å². The van der Waals surface area contributed by atoms with E-state index in [1.807, 2.05) is 13.0 Å². The van der Waals surface area contributed by atoms with Gasteiger partial charge in [-0.1, -0.05) is 0 Å². The van der Waals surface area contributed by atoms with Crippen molar-refractivity contribution in [2.24, 2.45) is 0 Å². The van der Waals surface area contributed by atoms with Crippen molar-refractivity contribution in [1.29, 1.82) is 5.26 Å². The minimum absolute atomic E-state index is 0.189. The van der Waals surface area contributed by atoms with Crippen molar-refractivity contribution in [3.63, 3.8) is 0 Å². The van der Waals surface area contributed by atoms with Gasteiger partial charge in [0.05, 0.1) is 18.8 Å². The summed E-state index contributed by atoms with van der Waals surface area (Å²) in [5.74, 6) is -0.404. The van der Waals surface area contributed by atoms with Crippen LogP contribution in [-0.4, -0.2) is 54.8 Å². The van der Waals surface area contributed by atoms with Gasteiger partial charge in [0.15, 0.2) is 0 Å². The standard InChI is InChI=1S/C13H17N3O3/c1-10(9-16-2-4-18-5-3-16)19-13(17)11-6-12(7-14)15-8-11/h6,8,10,15H,2-5,9H2,1H3/t10-/m0/s1. The van der Waals surface area contributed by atoms with Crippen molar-refractivity contribution in [3.8, 4) is 6.07 Å². The summed E-state index contributed by atoms with van der Waals surface area (Å²) in [6.07, 6.45) is 1.30. The van der Waals surface area contributed by atoms with Gasteiger partial charge in [-0.15, -0.1) is 0 Å². The second-order valence-corrected chi connectivity index (χ2v) is 4.54. The monoisotopic (exact) mass is 263 g/mol. The largest absolute Gasteiger partial charge is 0.458 e. The Balaban J connectivity index is 1.82. The van der Waals surface area contributed by atoms with Crippen LogP contribution in [0, 0.1) is 11.3 Å². The quantitative estimate of drug-likeness (QED) is 0.811. The third-order valence-corrected chi connectivity index (χ3v) is 2.97. The van der Waals surface area contributed by atoms with Crippen LogP contribution in [0.25, 0.3) is 0 Å². The second-order valence-electron chi connectivity index (χ2n) is 4.54. The summed E-state index contributed by atoms with van der Waals surface area (Å²) in [6, 6.07) is 3.43. The number of hydrogen-bond acceptors (Lipinski definition) is 5. The van der Waals surface area contributed by atoms with Crippen molar-refractivity contribution < 1.29 is 14.3 Å². The Kier molecular flexibility index (Phi) is 4.55. The number of carbonyl (C=O) groups excluding carboxylic acids is 1. The molecule has 0 unspecified atom stereocenters. The van der Waals surface area contributed by atoms with E-state index in [0.29, 0.717) is 17.8 Å². The lowest BCUT2D eigenvalue weighted by molar-refractivity contribution is 0.000458. The van der Waals surface area contributed by atoms with E-state index in [9.17, 15) is 4.79 Å². The normalized spacial score (nSPS) is 17.7. The highest BCUT2D eigenvalue weighted by Crippen LogP contribution is 2.08. The van der Waals surface area contributed by atoms with Gasteiger partial charge in [0, 0.05) is 25.8 Å². The summed E-state index contributed by atoms with van der Waals surface area (Å²) in [4.78, 5) is 16.7. The van der Waals surface area contributed by atoms with Crippen molar-refractivity contribution in [2.45, 2.75) is 13.0 Å². The van der Waals surface area contributed by atoms with Gasteiger partial charge in [-0.25, -0.2) is 4.79 Å². The number of nitrogens with one attached hydrogen (secondary N) is 1. The summed E-state index contributed by atoms with van der Waals surface area (Å²) < 4.78 is 10.6. The van der Waals surface area contributed by atoms with E-state index in [4.69, 9.17) is 14.7 Å². The van der Waals surface area contributed by atoms with Crippen molar-refractivity contribution in [2.75, 3.05) is 32.8 Å². The molecule has 0 aromatic carbocycles. The first-order chi connectivity index (χ1) is 9.19. The number of esters is 1. The molecular formula is C13H17N3O3. The number of H-pyrrole nitrogens is 1. The van der Waals surface area contributed by atoms with Gasteiger partial charge in [0.2, 0.25) is 0 Å². The van der Waals surface area contributed by atoms with Crippen LogP contribution in [0.4, 0.5) is 0 Å². The fraction of sp³-hybridized carbons (Fsp3) is 0.538. The van der Waals surface area contributed by atoms with Gasteiger partial charge in [-0.05, 0) is 13.0 Å². The highest BCUT2D eigenvalue weighted by atomic mass is 16.5. The molecule has 6 nitrogen and oxygen atoms in total. The highest BCUT2D eigenvalue weighted by molar-refractivity contribution is 5.89. The average molecular weight is 263 g/mol. The number of hydrogen-bond donors (Lipinski definition) is 1. The van der Waals surface area contributed by atoms with Crippen LogP contribution in [0.1, 0.15) is 23.0 Å². The summed E-state index contributed by atoms with van der Waals surface area (Å²) in [7, 11) is 0. The summed E-state index contributed by atoms with van der Waals surface area (Å²) >= 11 is 0. The molecule has 1 aromatic heterocycles. The van der Waals surface area contributed by atoms with Crippen molar-refractivity contribution >= 4 is 5.97 Å². The Morgan fingerprint density at radius 2 is 2.37 bits per heavy atom. The number of morpholine rings is 1. The first-order valence-electron chi connectivity index (χ1n) is 6.28. The van der Waals surface area contributed by atoms with Gasteiger partial charge in [-0.3, -0.25) is 4.90 Å². The molecule has 1 atom stereocenters. The molecule has 2 heterocycles. The van der Waals surface area contributed by atoms with Gasteiger partial charge in [0.1, 0.15) is 17.9 Å². The Morgan fingerprint density at radius 3 is 3.00 bits per heavy atom. The van der Waals surface area contributed by atoms with E-state index in [0.717, 1.165) is 26.3 Å². The third kappa shape index (κ3) is 3.81.